The van der Waals surface area contributed by atoms with Gasteiger partial charge < -0.3 is 20.1 Å². The summed E-state index contributed by atoms with van der Waals surface area (Å²) in [7, 11) is 1.66. The van der Waals surface area contributed by atoms with Crippen molar-refractivity contribution in [2.75, 3.05) is 33.4 Å². The smallest absolute Gasteiger partial charge is 0.191 e. The van der Waals surface area contributed by atoms with Crippen molar-refractivity contribution in [3.63, 3.8) is 0 Å². The maximum absolute atomic E-state index is 13.7. The van der Waals surface area contributed by atoms with Crippen LogP contribution < -0.4 is 10.6 Å². The summed E-state index contributed by atoms with van der Waals surface area (Å²) in [5.74, 6) is 0.241. The highest BCUT2D eigenvalue weighted by atomic mass is 19.1. The average molecular weight is 334 g/mol. The Morgan fingerprint density at radius 3 is 3.08 bits per heavy atom. The molecule has 1 aliphatic heterocycles. The highest BCUT2D eigenvalue weighted by Gasteiger charge is 2.15. The minimum atomic E-state index is -0.343. The molecule has 1 aliphatic rings. The van der Waals surface area contributed by atoms with Crippen LogP contribution >= 0.6 is 0 Å². The molecule has 2 N–H and O–H groups in total. The van der Waals surface area contributed by atoms with Crippen molar-refractivity contribution in [1.82, 2.24) is 10.6 Å². The number of hydrogen-bond acceptors (Lipinski definition) is 4. The third kappa shape index (κ3) is 5.80. The molecule has 130 valence electrons. The van der Waals surface area contributed by atoms with Gasteiger partial charge in [0.05, 0.1) is 24.3 Å². The Hall–Kier alpha value is -2.17. The van der Waals surface area contributed by atoms with E-state index in [0.717, 1.165) is 19.4 Å². The molecule has 1 unspecified atom stereocenters. The maximum atomic E-state index is 13.7. The van der Waals surface area contributed by atoms with Crippen LogP contribution in [0.25, 0.3) is 0 Å². The molecule has 0 saturated carbocycles. The Bertz CT molecular complexity index is 595. The SMILES string of the molecule is CN=C(NCCCOC1CCOC1)NCc1cc(C#N)ccc1F. The van der Waals surface area contributed by atoms with Crippen molar-refractivity contribution in [2.45, 2.75) is 25.5 Å². The van der Waals surface area contributed by atoms with Crippen molar-refractivity contribution in [1.29, 1.82) is 5.26 Å². The van der Waals surface area contributed by atoms with Crippen LogP contribution in [0.5, 0.6) is 0 Å². The van der Waals surface area contributed by atoms with Crippen molar-refractivity contribution < 1.29 is 13.9 Å². The van der Waals surface area contributed by atoms with E-state index in [0.29, 0.717) is 36.8 Å². The molecule has 2 rings (SSSR count). The lowest BCUT2D eigenvalue weighted by atomic mass is 10.1. The van der Waals surface area contributed by atoms with Gasteiger partial charge in [-0.2, -0.15) is 5.26 Å². The normalized spacial score (nSPS) is 17.5. The average Bonchev–Trinajstić information content (AvgIpc) is 3.12. The first-order valence-electron chi connectivity index (χ1n) is 8.05. The zero-order valence-corrected chi connectivity index (χ0v) is 13.8. The van der Waals surface area contributed by atoms with E-state index in [-0.39, 0.29) is 18.5 Å². The van der Waals surface area contributed by atoms with Crippen LogP contribution in [0.2, 0.25) is 0 Å². The van der Waals surface area contributed by atoms with Gasteiger partial charge in [0.1, 0.15) is 5.82 Å². The fourth-order valence-electron chi connectivity index (χ4n) is 2.35. The van der Waals surface area contributed by atoms with Crippen LogP contribution in [-0.2, 0) is 16.0 Å². The molecule has 7 heteroatoms. The summed E-state index contributed by atoms with van der Waals surface area (Å²) in [6, 6.07) is 6.30. The maximum Gasteiger partial charge on any atom is 0.191 e. The van der Waals surface area contributed by atoms with Crippen molar-refractivity contribution in [3.8, 4) is 6.07 Å². The van der Waals surface area contributed by atoms with Crippen molar-refractivity contribution in [2.24, 2.45) is 4.99 Å². The fraction of sp³-hybridized carbons (Fsp3) is 0.529. The highest BCUT2D eigenvalue weighted by molar-refractivity contribution is 5.79. The summed E-state index contributed by atoms with van der Waals surface area (Å²) in [6.45, 7) is 3.09. The van der Waals surface area contributed by atoms with Gasteiger partial charge in [0.15, 0.2) is 5.96 Å². The lowest BCUT2D eigenvalue weighted by molar-refractivity contribution is 0.0420. The quantitative estimate of drug-likeness (QED) is 0.449. The number of benzene rings is 1. The molecule has 0 bridgehead atoms. The Kier molecular flexibility index (Phi) is 7.46. The van der Waals surface area contributed by atoms with Crippen LogP contribution in [-0.4, -0.2) is 45.5 Å². The van der Waals surface area contributed by atoms with Crippen molar-refractivity contribution in [3.05, 3.63) is 35.1 Å². The lowest BCUT2D eigenvalue weighted by Crippen LogP contribution is -2.37. The van der Waals surface area contributed by atoms with E-state index in [2.05, 4.69) is 15.6 Å². The molecule has 0 aromatic heterocycles. The fourth-order valence-corrected chi connectivity index (χ4v) is 2.35. The third-order valence-electron chi connectivity index (χ3n) is 3.70. The molecule has 1 heterocycles. The van der Waals surface area contributed by atoms with E-state index in [9.17, 15) is 4.39 Å². The van der Waals surface area contributed by atoms with Crippen LogP contribution in [0.4, 0.5) is 4.39 Å². The van der Waals surface area contributed by atoms with Gasteiger partial charge in [0, 0.05) is 38.9 Å². The molecule has 1 aromatic rings. The van der Waals surface area contributed by atoms with E-state index in [1.54, 1.807) is 7.05 Å². The van der Waals surface area contributed by atoms with Crippen LogP contribution in [0, 0.1) is 17.1 Å². The zero-order valence-electron chi connectivity index (χ0n) is 13.8. The molecule has 0 radical (unpaired) electrons. The monoisotopic (exact) mass is 334 g/mol. The van der Waals surface area contributed by atoms with E-state index in [1.165, 1.54) is 18.2 Å². The second kappa shape index (κ2) is 9.85. The minimum absolute atomic E-state index is 0.220. The summed E-state index contributed by atoms with van der Waals surface area (Å²) >= 11 is 0. The number of ether oxygens (including phenoxy) is 2. The molecule has 1 saturated heterocycles. The van der Waals surface area contributed by atoms with E-state index < -0.39 is 0 Å². The molecular weight excluding hydrogens is 311 g/mol. The van der Waals surface area contributed by atoms with E-state index in [1.807, 2.05) is 6.07 Å². The number of nitrogens with zero attached hydrogens (tertiary/aromatic N) is 2. The molecule has 0 aliphatic carbocycles. The Balaban J connectivity index is 1.68. The molecule has 0 spiro atoms. The highest BCUT2D eigenvalue weighted by Crippen LogP contribution is 2.10. The van der Waals surface area contributed by atoms with Gasteiger partial charge in [-0.15, -0.1) is 0 Å². The third-order valence-corrected chi connectivity index (χ3v) is 3.70. The molecule has 1 atom stereocenters. The number of hydrogen-bond donors (Lipinski definition) is 2. The predicted molar refractivity (Wildman–Crippen MR) is 89.1 cm³/mol. The molecule has 6 nitrogen and oxygen atoms in total. The first kappa shape index (κ1) is 18.2. The van der Waals surface area contributed by atoms with Crippen LogP contribution in [0.1, 0.15) is 24.0 Å². The lowest BCUT2D eigenvalue weighted by Gasteiger charge is -2.13. The Morgan fingerprint density at radius 2 is 2.38 bits per heavy atom. The molecule has 1 aromatic carbocycles. The van der Waals surface area contributed by atoms with Gasteiger partial charge in [-0.05, 0) is 31.0 Å². The van der Waals surface area contributed by atoms with Crippen LogP contribution in [0.3, 0.4) is 0 Å². The number of nitriles is 1. The number of rotatable bonds is 7. The second-order valence-corrected chi connectivity index (χ2v) is 5.48. The van der Waals surface area contributed by atoms with Gasteiger partial charge in [0.2, 0.25) is 0 Å². The van der Waals surface area contributed by atoms with Gasteiger partial charge in [-0.25, -0.2) is 4.39 Å². The van der Waals surface area contributed by atoms with Crippen molar-refractivity contribution >= 4 is 5.96 Å². The van der Waals surface area contributed by atoms with Gasteiger partial charge >= 0.3 is 0 Å². The summed E-state index contributed by atoms with van der Waals surface area (Å²) in [6.07, 6.45) is 2.03. The largest absolute Gasteiger partial charge is 0.379 e. The van der Waals surface area contributed by atoms with Gasteiger partial charge in [0.25, 0.3) is 0 Å². The summed E-state index contributed by atoms with van der Waals surface area (Å²) in [4.78, 5) is 4.10. The first-order valence-corrected chi connectivity index (χ1v) is 8.05. The van der Waals surface area contributed by atoms with Gasteiger partial charge in [-0.3, -0.25) is 4.99 Å². The van der Waals surface area contributed by atoms with E-state index >= 15 is 0 Å². The van der Waals surface area contributed by atoms with E-state index in [4.69, 9.17) is 14.7 Å². The molecular formula is C17H23FN4O2. The Labute approximate surface area is 141 Å². The molecule has 0 amide bonds. The summed E-state index contributed by atoms with van der Waals surface area (Å²) in [5.41, 5.74) is 0.866. The topological polar surface area (TPSA) is 78.7 Å². The zero-order chi connectivity index (χ0) is 17.2. The predicted octanol–water partition coefficient (Wildman–Crippen LogP) is 1.56. The summed E-state index contributed by atoms with van der Waals surface area (Å²) < 4.78 is 24.7. The Morgan fingerprint density at radius 1 is 1.50 bits per heavy atom. The molecule has 24 heavy (non-hydrogen) atoms. The molecule has 1 fully saturated rings. The summed E-state index contributed by atoms with van der Waals surface area (Å²) in [5, 5.41) is 15.1. The number of aliphatic imine (C=N–C) groups is 1. The number of halogens is 1. The van der Waals surface area contributed by atoms with Crippen LogP contribution in [0.15, 0.2) is 23.2 Å². The van der Waals surface area contributed by atoms with Gasteiger partial charge in [-0.1, -0.05) is 0 Å². The second-order valence-electron chi connectivity index (χ2n) is 5.48. The number of nitrogens with one attached hydrogen (secondary N) is 2. The number of guanidine groups is 1. The first-order chi connectivity index (χ1) is 11.7. The standard InChI is InChI=1S/C17H23FN4O2/c1-20-17(21-6-2-7-24-15-5-8-23-12-15)22-11-14-9-13(10-19)3-4-16(14)18/h3-4,9,15H,2,5-8,11-12H2,1H3,(H2,20,21,22). The minimum Gasteiger partial charge on any atom is -0.379 e.